The van der Waals surface area contributed by atoms with Crippen LogP contribution in [-0.4, -0.2) is 76.6 Å². The normalized spacial score (nSPS) is 30.2. The molecule has 2 saturated heterocycles. The summed E-state index contributed by atoms with van der Waals surface area (Å²) < 4.78 is 62.7. The summed E-state index contributed by atoms with van der Waals surface area (Å²) in [5, 5.41) is 0. The summed E-state index contributed by atoms with van der Waals surface area (Å²) >= 11 is 0. The van der Waals surface area contributed by atoms with Crippen molar-refractivity contribution >= 4 is 13.6 Å². The number of methoxy groups -OCH3 is 1. The number of ether oxygens (including phenoxy) is 5. The molecule has 0 aromatic heterocycles. The maximum Gasteiger partial charge on any atom is 0.376 e. The SMILES string of the molecule is CCOP(=O)(OCC)C(F)C(=O)O[C@@H]1CO[C@H]2[C@@H]1OC[C@H]2OCOC. The van der Waals surface area contributed by atoms with E-state index in [0.717, 1.165) is 0 Å². The van der Waals surface area contributed by atoms with Gasteiger partial charge in [0.15, 0.2) is 6.10 Å². The van der Waals surface area contributed by atoms with E-state index in [1.807, 2.05) is 0 Å². The lowest BCUT2D eigenvalue weighted by atomic mass is 10.1. The van der Waals surface area contributed by atoms with Crippen LogP contribution in [0.4, 0.5) is 4.39 Å². The van der Waals surface area contributed by atoms with Gasteiger partial charge in [0, 0.05) is 7.11 Å². The van der Waals surface area contributed by atoms with Gasteiger partial charge in [-0.3, -0.25) is 4.57 Å². The number of rotatable bonds is 10. The van der Waals surface area contributed by atoms with Crippen LogP contribution in [0.25, 0.3) is 0 Å². The van der Waals surface area contributed by atoms with Crippen molar-refractivity contribution in [3.63, 3.8) is 0 Å². The Kier molecular flexibility index (Phi) is 7.75. The van der Waals surface area contributed by atoms with Gasteiger partial charge in [0.2, 0.25) is 0 Å². The van der Waals surface area contributed by atoms with E-state index in [4.69, 9.17) is 32.7 Å². The van der Waals surface area contributed by atoms with Crippen molar-refractivity contribution in [2.75, 3.05) is 40.3 Å². The predicted octanol–water partition coefficient (Wildman–Crippen LogP) is 1.25. The first kappa shape index (κ1) is 20.7. The average molecular weight is 386 g/mol. The number of hydrogen-bond donors (Lipinski definition) is 0. The molecule has 0 bridgehead atoms. The monoisotopic (exact) mass is 386 g/mol. The van der Waals surface area contributed by atoms with E-state index in [2.05, 4.69) is 0 Å². The van der Waals surface area contributed by atoms with Gasteiger partial charge in [0.1, 0.15) is 25.1 Å². The minimum Gasteiger partial charge on any atom is -0.454 e. The van der Waals surface area contributed by atoms with E-state index in [1.165, 1.54) is 21.0 Å². The highest BCUT2D eigenvalue weighted by Crippen LogP contribution is 2.54. The quantitative estimate of drug-likeness (QED) is 0.312. The molecular formula is C14H24FO9P. The topological polar surface area (TPSA) is 98.8 Å². The van der Waals surface area contributed by atoms with Crippen LogP contribution in [0.2, 0.25) is 0 Å². The summed E-state index contributed by atoms with van der Waals surface area (Å²) in [5.74, 6) is -3.86. The second kappa shape index (κ2) is 9.36. The van der Waals surface area contributed by atoms with E-state index in [-0.39, 0.29) is 39.3 Å². The molecule has 0 aromatic rings. The smallest absolute Gasteiger partial charge is 0.376 e. The van der Waals surface area contributed by atoms with Gasteiger partial charge in [-0.05, 0) is 13.8 Å². The molecule has 2 rings (SSSR count). The maximum atomic E-state index is 14.3. The molecule has 2 aliphatic heterocycles. The van der Waals surface area contributed by atoms with Crippen molar-refractivity contribution in [3.05, 3.63) is 0 Å². The highest BCUT2D eigenvalue weighted by Gasteiger charge is 2.52. The van der Waals surface area contributed by atoms with Crippen LogP contribution in [0.15, 0.2) is 0 Å². The van der Waals surface area contributed by atoms with Gasteiger partial charge < -0.3 is 32.7 Å². The fourth-order valence-electron chi connectivity index (χ4n) is 2.69. The fraction of sp³-hybridized carbons (Fsp3) is 0.929. The molecule has 0 aromatic carbocycles. The molecule has 5 atom stereocenters. The first-order valence-electron chi connectivity index (χ1n) is 8.03. The molecule has 2 heterocycles. The van der Waals surface area contributed by atoms with Crippen LogP contribution in [-0.2, 0) is 42.1 Å². The Bertz CT molecular complexity index is 481. The summed E-state index contributed by atoms with van der Waals surface area (Å²) in [6, 6.07) is 0. The van der Waals surface area contributed by atoms with Crippen molar-refractivity contribution in [2.24, 2.45) is 0 Å². The van der Waals surface area contributed by atoms with Gasteiger partial charge >= 0.3 is 13.6 Å². The molecule has 2 aliphatic rings. The summed E-state index contributed by atoms with van der Waals surface area (Å²) in [7, 11) is -2.75. The third-order valence-electron chi connectivity index (χ3n) is 3.72. The largest absolute Gasteiger partial charge is 0.454 e. The Morgan fingerprint density at radius 1 is 1.16 bits per heavy atom. The molecule has 9 nitrogen and oxygen atoms in total. The van der Waals surface area contributed by atoms with E-state index < -0.39 is 37.8 Å². The van der Waals surface area contributed by atoms with E-state index in [0.29, 0.717) is 0 Å². The zero-order chi connectivity index (χ0) is 18.4. The molecule has 146 valence electrons. The van der Waals surface area contributed by atoms with Crippen LogP contribution < -0.4 is 0 Å². The fourth-order valence-corrected chi connectivity index (χ4v) is 4.07. The second-order valence-electron chi connectivity index (χ2n) is 5.39. The molecule has 2 fully saturated rings. The number of halogens is 1. The van der Waals surface area contributed by atoms with Gasteiger partial charge in [0.25, 0.3) is 5.91 Å². The maximum absolute atomic E-state index is 14.3. The lowest BCUT2D eigenvalue weighted by molar-refractivity contribution is -0.157. The molecule has 1 unspecified atom stereocenters. The minimum absolute atomic E-state index is 0.0220. The Hall–Kier alpha value is -0.610. The van der Waals surface area contributed by atoms with E-state index in [9.17, 15) is 13.8 Å². The molecule has 0 amide bonds. The van der Waals surface area contributed by atoms with E-state index >= 15 is 0 Å². The second-order valence-corrected chi connectivity index (χ2v) is 7.44. The van der Waals surface area contributed by atoms with Gasteiger partial charge in [-0.25, -0.2) is 9.18 Å². The third kappa shape index (κ3) is 4.77. The Morgan fingerprint density at radius 3 is 2.28 bits per heavy atom. The number of alkyl halides is 1. The minimum atomic E-state index is -4.24. The van der Waals surface area contributed by atoms with Crippen molar-refractivity contribution in [3.8, 4) is 0 Å². The molecule has 0 radical (unpaired) electrons. The van der Waals surface area contributed by atoms with Crippen LogP contribution in [0, 0.1) is 0 Å². The van der Waals surface area contributed by atoms with Crippen molar-refractivity contribution < 1.29 is 46.5 Å². The third-order valence-corrected chi connectivity index (χ3v) is 5.72. The average Bonchev–Trinajstić information content (AvgIpc) is 3.16. The van der Waals surface area contributed by atoms with Gasteiger partial charge in [-0.2, -0.15) is 0 Å². The van der Waals surface area contributed by atoms with Gasteiger partial charge in [0.05, 0.1) is 26.4 Å². The highest BCUT2D eigenvalue weighted by molar-refractivity contribution is 7.55. The summed E-state index contributed by atoms with van der Waals surface area (Å²) in [6.07, 6.45) is -2.23. The molecule has 25 heavy (non-hydrogen) atoms. The lowest BCUT2D eigenvalue weighted by Crippen LogP contribution is -2.37. The van der Waals surface area contributed by atoms with Crippen molar-refractivity contribution in [1.82, 2.24) is 0 Å². The first-order chi connectivity index (χ1) is 12.0. The summed E-state index contributed by atoms with van der Waals surface area (Å²) in [4.78, 5) is 12.0. The van der Waals surface area contributed by atoms with Crippen LogP contribution in [0.5, 0.6) is 0 Å². The number of hydrogen-bond acceptors (Lipinski definition) is 9. The van der Waals surface area contributed by atoms with Gasteiger partial charge in [-0.1, -0.05) is 0 Å². The number of esters is 1. The standard InChI is InChI=1S/C14H24FO9P/c1-4-22-25(17,23-5-2)13(15)14(16)24-10-7-20-11-9(21-8-18-3)6-19-12(10)11/h9-13H,4-8H2,1-3H3/t9-,10-,11-,12-,13?/m1/s1. The zero-order valence-electron chi connectivity index (χ0n) is 14.4. The Balaban J connectivity index is 1.93. The molecule has 0 spiro atoms. The molecule has 0 aliphatic carbocycles. The molecule has 0 saturated carbocycles. The molecule has 0 N–H and O–H groups in total. The number of carbonyl (C=O) groups excluding carboxylic acids is 1. The lowest BCUT2D eigenvalue weighted by Gasteiger charge is -2.22. The van der Waals surface area contributed by atoms with Crippen LogP contribution in [0.3, 0.4) is 0 Å². The first-order valence-corrected chi connectivity index (χ1v) is 9.65. The van der Waals surface area contributed by atoms with Crippen molar-refractivity contribution in [1.29, 1.82) is 0 Å². The van der Waals surface area contributed by atoms with Crippen LogP contribution in [0.1, 0.15) is 13.8 Å². The van der Waals surface area contributed by atoms with Gasteiger partial charge in [-0.15, -0.1) is 0 Å². The number of fused-ring (bicyclic) bond motifs is 1. The summed E-state index contributed by atoms with van der Waals surface area (Å²) in [5.41, 5.74) is 0. The van der Waals surface area contributed by atoms with Crippen molar-refractivity contribution in [2.45, 2.75) is 44.2 Å². The summed E-state index contributed by atoms with van der Waals surface area (Å²) in [6.45, 7) is 3.24. The molecule has 11 heteroatoms. The Labute approximate surface area is 145 Å². The zero-order valence-corrected chi connectivity index (χ0v) is 15.3. The number of carbonyl (C=O) groups is 1. The predicted molar refractivity (Wildman–Crippen MR) is 81.9 cm³/mol. The highest BCUT2D eigenvalue weighted by atomic mass is 31.2. The van der Waals surface area contributed by atoms with Crippen LogP contribution >= 0.6 is 7.60 Å². The molecular weight excluding hydrogens is 362 g/mol. The van der Waals surface area contributed by atoms with E-state index in [1.54, 1.807) is 0 Å². The Morgan fingerprint density at radius 2 is 1.72 bits per heavy atom.